The molecule has 1 N–H and O–H groups in total. The molecule has 1 heterocycles. The van der Waals surface area contributed by atoms with Gasteiger partial charge in [-0.15, -0.1) is 0 Å². The molecule has 0 bridgehead atoms. The molecule has 0 aliphatic carbocycles. The molecule has 0 fully saturated rings. The van der Waals surface area contributed by atoms with Crippen molar-refractivity contribution in [3.63, 3.8) is 0 Å². The highest BCUT2D eigenvalue weighted by Crippen LogP contribution is 2.35. The number of nitrogens with one attached hydrogen (secondary N) is 1. The van der Waals surface area contributed by atoms with Gasteiger partial charge >= 0.3 is 0 Å². The molecule has 0 spiro atoms. The fourth-order valence-corrected chi connectivity index (χ4v) is 2.30. The van der Waals surface area contributed by atoms with Gasteiger partial charge < -0.3 is 10.2 Å². The summed E-state index contributed by atoms with van der Waals surface area (Å²) in [6, 6.07) is 4.99. The Morgan fingerprint density at radius 1 is 1.31 bits per heavy atom. The van der Waals surface area contributed by atoms with Crippen LogP contribution < -0.4 is 10.2 Å². The molecule has 1 aromatic rings. The monoisotopic (exact) mass is 218 g/mol. The van der Waals surface area contributed by atoms with Gasteiger partial charge in [0.25, 0.3) is 0 Å². The first-order valence-electron chi connectivity index (χ1n) is 6.08. The minimum atomic E-state index is 0.554. The molecule has 2 heteroatoms. The third-order valence-corrected chi connectivity index (χ3v) is 3.73. The van der Waals surface area contributed by atoms with E-state index >= 15 is 0 Å². The second kappa shape index (κ2) is 4.00. The van der Waals surface area contributed by atoms with E-state index in [9.17, 15) is 0 Å². The first kappa shape index (κ1) is 11.3. The summed E-state index contributed by atoms with van der Waals surface area (Å²) in [6.45, 7) is 10.0. The van der Waals surface area contributed by atoms with Gasteiger partial charge in [0.2, 0.25) is 0 Å². The fraction of sp³-hybridized carbons (Fsp3) is 0.571. The number of fused-ring (bicyclic) bond motifs is 1. The molecular formula is C14H22N2. The standard InChI is InChI=1S/C14H22N2/c1-9(2)12-8-16(5)13-7-6-10(3)11(4)14(13)15-12/h6-7,9,12,15H,8H2,1-5H3. The van der Waals surface area contributed by atoms with Gasteiger partial charge in [-0.1, -0.05) is 19.9 Å². The Hall–Kier alpha value is -1.18. The second-order valence-corrected chi connectivity index (χ2v) is 5.28. The first-order chi connectivity index (χ1) is 7.50. The lowest BCUT2D eigenvalue weighted by Crippen LogP contribution is -2.42. The van der Waals surface area contributed by atoms with Gasteiger partial charge in [-0.05, 0) is 37.0 Å². The highest BCUT2D eigenvalue weighted by Gasteiger charge is 2.24. The molecule has 2 nitrogen and oxygen atoms in total. The molecule has 0 radical (unpaired) electrons. The third-order valence-electron chi connectivity index (χ3n) is 3.73. The summed E-state index contributed by atoms with van der Waals surface area (Å²) in [7, 11) is 2.18. The summed E-state index contributed by atoms with van der Waals surface area (Å²) >= 11 is 0. The molecule has 1 aliphatic heterocycles. The van der Waals surface area contributed by atoms with E-state index in [-0.39, 0.29) is 0 Å². The van der Waals surface area contributed by atoms with E-state index in [1.54, 1.807) is 0 Å². The van der Waals surface area contributed by atoms with Gasteiger partial charge in [0.1, 0.15) is 0 Å². The number of benzene rings is 1. The van der Waals surface area contributed by atoms with Crippen molar-refractivity contribution in [2.75, 3.05) is 23.8 Å². The lowest BCUT2D eigenvalue weighted by Gasteiger charge is -2.38. The minimum absolute atomic E-state index is 0.554. The summed E-state index contributed by atoms with van der Waals surface area (Å²) in [5.41, 5.74) is 5.41. The zero-order valence-electron chi connectivity index (χ0n) is 11.0. The second-order valence-electron chi connectivity index (χ2n) is 5.28. The molecule has 1 atom stereocenters. The van der Waals surface area contributed by atoms with Crippen molar-refractivity contribution in [3.8, 4) is 0 Å². The average molecular weight is 218 g/mol. The summed E-state index contributed by atoms with van der Waals surface area (Å²) in [5.74, 6) is 0.663. The van der Waals surface area contributed by atoms with Crippen molar-refractivity contribution in [2.24, 2.45) is 5.92 Å². The van der Waals surface area contributed by atoms with Crippen LogP contribution in [0.1, 0.15) is 25.0 Å². The predicted octanol–water partition coefficient (Wildman–Crippen LogP) is 3.19. The summed E-state index contributed by atoms with van der Waals surface area (Å²) in [5, 5.41) is 3.69. The van der Waals surface area contributed by atoms with Crippen LogP contribution in [0.2, 0.25) is 0 Å². The van der Waals surface area contributed by atoms with E-state index in [1.165, 1.54) is 22.5 Å². The lowest BCUT2D eigenvalue weighted by atomic mass is 9.97. The van der Waals surface area contributed by atoms with Crippen molar-refractivity contribution < 1.29 is 0 Å². The first-order valence-corrected chi connectivity index (χ1v) is 6.08. The molecule has 1 aliphatic rings. The molecular weight excluding hydrogens is 196 g/mol. The van der Waals surface area contributed by atoms with E-state index in [0.29, 0.717) is 12.0 Å². The van der Waals surface area contributed by atoms with Crippen LogP contribution in [0.5, 0.6) is 0 Å². The molecule has 1 unspecified atom stereocenters. The smallest absolute Gasteiger partial charge is 0.0613 e. The van der Waals surface area contributed by atoms with Crippen LogP contribution in [0, 0.1) is 19.8 Å². The quantitative estimate of drug-likeness (QED) is 0.778. The zero-order valence-corrected chi connectivity index (χ0v) is 11.0. The molecule has 88 valence electrons. The Kier molecular flexibility index (Phi) is 2.83. The van der Waals surface area contributed by atoms with Crippen LogP contribution in [-0.2, 0) is 0 Å². The van der Waals surface area contributed by atoms with Gasteiger partial charge in [0, 0.05) is 19.6 Å². The average Bonchev–Trinajstić information content (AvgIpc) is 2.23. The molecule has 0 amide bonds. The number of anilines is 2. The van der Waals surface area contributed by atoms with Crippen LogP contribution in [0.15, 0.2) is 12.1 Å². The summed E-state index contributed by atoms with van der Waals surface area (Å²) < 4.78 is 0. The molecule has 16 heavy (non-hydrogen) atoms. The predicted molar refractivity (Wildman–Crippen MR) is 71.4 cm³/mol. The molecule has 1 aromatic carbocycles. The van der Waals surface area contributed by atoms with Gasteiger partial charge in [-0.2, -0.15) is 0 Å². The van der Waals surface area contributed by atoms with Crippen LogP contribution >= 0.6 is 0 Å². The van der Waals surface area contributed by atoms with Crippen LogP contribution in [-0.4, -0.2) is 19.6 Å². The van der Waals surface area contributed by atoms with Crippen molar-refractivity contribution >= 4 is 11.4 Å². The Balaban J connectivity index is 2.43. The maximum absolute atomic E-state index is 3.69. The number of hydrogen-bond acceptors (Lipinski definition) is 2. The lowest BCUT2D eigenvalue weighted by molar-refractivity contribution is 0.514. The molecule has 2 rings (SSSR count). The van der Waals surface area contributed by atoms with Gasteiger partial charge in [0.05, 0.1) is 11.4 Å². The Morgan fingerprint density at radius 2 is 2.00 bits per heavy atom. The minimum Gasteiger partial charge on any atom is -0.378 e. The van der Waals surface area contributed by atoms with Crippen molar-refractivity contribution in [1.29, 1.82) is 0 Å². The van der Waals surface area contributed by atoms with Crippen LogP contribution in [0.25, 0.3) is 0 Å². The Bertz CT molecular complexity index is 396. The van der Waals surface area contributed by atoms with Crippen molar-refractivity contribution in [1.82, 2.24) is 0 Å². The van der Waals surface area contributed by atoms with Gasteiger partial charge in [-0.25, -0.2) is 0 Å². The topological polar surface area (TPSA) is 15.3 Å². The number of likely N-dealkylation sites (N-methyl/N-ethyl adjacent to an activating group) is 1. The number of rotatable bonds is 1. The number of hydrogen-bond donors (Lipinski definition) is 1. The zero-order chi connectivity index (χ0) is 11.9. The molecule has 0 saturated carbocycles. The highest BCUT2D eigenvalue weighted by molar-refractivity contribution is 5.77. The summed E-state index contributed by atoms with van der Waals surface area (Å²) in [4.78, 5) is 2.36. The SMILES string of the molecule is Cc1ccc2c(c1C)NC(C(C)C)CN2C. The van der Waals surface area contributed by atoms with Gasteiger partial charge in [0.15, 0.2) is 0 Å². The summed E-state index contributed by atoms with van der Waals surface area (Å²) in [6.07, 6.45) is 0. The maximum Gasteiger partial charge on any atom is 0.0613 e. The van der Waals surface area contributed by atoms with E-state index in [0.717, 1.165) is 6.54 Å². The third kappa shape index (κ3) is 1.77. The van der Waals surface area contributed by atoms with Crippen molar-refractivity contribution in [2.45, 2.75) is 33.7 Å². The Morgan fingerprint density at radius 3 is 2.62 bits per heavy atom. The molecule has 0 aromatic heterocycles. The largest absolute Gasteiger partial charge is 0.378 e. The van der Waals surface area contributed by atoms with E-state index in [1.807, 2.05) is 0 Å². The molecule has 0 saturated heterocycles. The maximum atomic E-state index is 3.69. The van der Waals surface area contributed by atoms with E-state index < -0.39 is 0 Å². The van der Waals surface area contributed by atoms with E-state index in [4.69, 9.17) is 0 Å². The van der Waals surface area contributed by atoms with Gasteiger partial charge in [-0.3, -0.25) is 0 Å². The fourth-order valence-electron chi connectivity index (χ4n) is 2.30. The highest BCUT2D eigenvalue weighted by atomic mass is 15.2. The van der Waals surface area contributed by atoms with Crippen LogP contribution in [0.4, 0.5) is 11.4 Å². The van der Waals surface area contributed by atoms with Crippen LogP contribution in [0.3, 0.4) is 0 Å². The number of nitrogens with zero attached hydrogens (tertiary/aromatic N) is 1. The van der Waals surface area contributed by atoms with Crippen molar-refractivity contribution in [3.05, 3.63) is 23.3 Å². The Labute approximate surface area is 98.7 Å². The normalized spacial score (nSPS) is 19.6. The van der Waals surface area contributed by atoms with E-state index in [2.05, 4.69) is 57.1 Å². The number of aryl methyl sites for hydroxylation is 1.